The van der Waals surface area contributed by atoms with E-state index in [9.17, 15) is 9.59 Å². The maximum Gasteiger partial charge on any atom is 0.227 e. The van der Waals surface area contributed by atoms with Gasteiger partial charge >= 0.3 is 0 Å². The SMILES string of the molecule is Cc1cccc(N2CC(C(=O)NCCN3CCCC3)CC2=O)c1. The molecule has 2 aliphatic heterocycles. The minimum Gasteiger partial charge on any atom is -0.355 e. The van der Waals surface area contributed by atoms with Gasteiger partial charge in [-0.2, -0.15) is 0 Å². The molecule has 2 fully saturated rings. The number of nitrogens with zero attached hydrogens (tertiary/aromatic N) is 2. The molecule has 1 unspecified atom stereocenters. The molecule has 2 saturated heterocycles. The number of benzene rings is 1. The first kappa shape index (κ1) is 16.0. The van der Waals surface area contributed by atoms with E-state index in [0.29, 0.717) is 19.5 Å². The Bertz CT molecular complexity index is 581. The third-order valence-electron chi connectivity index (χ3n) is 4.74. The van der Waals surface area contributed by atoms with E-state index < -0.39 is 0 Å². The highest BCUT2D eigenvalue weighted by Crippen LogP contribution is 2.25. The number of nitrogens with one attached hydrogen (secondary N) is 1. The third-order valence-corrected chi connectivity index (χ3v) is 4.74. The summed E-state index contributed by atoms with van der Waals surface area (Å²) in [6, 6.07) is 7.87. The molecular weight excluding hydrogens is 290 g/mol. The fraction of sp³-hybridized carbons (Fsp3) is 0.556. The van der Waals surface area contributed by atoms with E-state index in [-0.39, 0.29) is 17.7 Å². The van der Waals surface area contributed by atoms with Gasteiger partial charge in [0.1, 0.15) is 0 Å². The van der Waals surface area contributed by atoms with Crippen LogP contribution in [0, 0.1) is 12.8 Å². The van der Waals surface area contributed by atoms with Crippen LogP contribution in [0.2, 0.25) is 0 Å². The number of hydrogen-bond acceptors (Lipinski definition) is 3. The van der Waals surface area contributed by atoms with E-state index in [1.54, 1.807) is 4.90 Å². The molecule has 0 bridgehead atoms. The van der Waals surface area contributed by atoms with Gasteiger partial charge in [-0.05, 0) is 50.6 Å². The number of carbonyl (C=O) groups excluding carboxylic acids is 2. The van der Waals surface area contributed by atoms with Crippen molar-refractivity contribution >= 4 is 17.5 Å². The molecule has 2 amide bonds. The molecule has 23 heavy (non-hydrogen) atoms. The summed E-state index contributed by atoms with van der Waals surface area (Å²) in [5.41, 5.74) is 2.01. The molecule has 0 aliphatic carbocycles. The molecule has 1 atom stereocenters. The molecule has 1 N–H and O–H groups in total. The molecule has 5 nitrogen and oxygen atoms in total. The summed E-state index contributed by atoms with van der Waals surface area (Å²) in [7, 11) is 0. The van der Waals surface area contributed by atoms with E-state index in [1.165, 1.54) is 12.8 Å². The summed E-state index contributed by atoms with van der Waals surface area (Å²) in [5, 5.41) is 3.00. The molecule has 3 rings (SSSR count). The van der Waals surface area contributed by atoms with Crippen molar-refractivity contribution in [2.24, 2.45) is 5.92 Å². The lowest BCUT2D eigenvalue weighted by atomic mass is 10.1. The highest BCUT2D eigenvalue weighted by atomic mass is 16.2. The summed E-state index contributed by atoms with van der Waals surface area (Å²) in [6.45, 7) is 6.35. The van der Waals surface area contributed by atoms with Crippen LogP contribution in [-0.2, 0) is 9.59 Å². The lowest BCUT2D eigenvalue weighted by Gasteiger charge is -2.18. The highest BCUT2D eigenvalue weighted by Gasteiger charge is 2.35. The smallest absolute Gasteiger partial charge is 0.227 e. The maximum atomic E-state index is 12.3. The van der Waals surface area contributed by atoms with Crippen LogP contribution in [0.25, 0.3) is 0 Å². The Balaban J connectivity index is 1.51. The number of likely N-dealkylation sites (tertiary alicyclic amines) is 1. The van der Waals surface area contributed by atoms with Gasteiger partial charge in [0.2, 0.25) is 11.8 Å². The normalized spacial score (nSPS) is 21.9. The molecule has 124 valence electrons. The predicted molar refractivity (Wildman–Crippen MR) is 90.3 cm³/mol. The van der Waals surface area contributed by atoms with Crippen molar-refractivity contribution in [1.29, 1.82) is 0 Å². The Labute approximate surface area is 137 Å². The number of rotatable bonds is 5. The topological polar surface area (TPSA) is 52.7 Å². The van der Waals surface area contributed by atoms with Gasteiger partial charge in [-0.3, -0.25) is 9.59 Å². The van der Waals surface area contributed by atoms with E-state index in [1.807, 2.05) is 31.2 Å². The highest BCUT2D eigenvalue weighted by molar-refractivity contribution is 6.00. The van der Waals surface area contributed by atoms with E-state index in [2.05, 4.69) is 10.2 Å². The number of carbonyl (C=O) groups is 2. The zero-order valence-electron chi connectivity index (χ0n) is 13.8. The van der Waals surface area contributed by atoms with Gasteiger partial charge in [-0.25, -0.2) is 0 Å². The van der Waals surface area contributed by atoms with Crippen LogP contribution in [0.3, 0.4) is 0 Å². The second-order valence-electron chi connectivity index (χ2n) is 6.58. The zero-order chi connectivity index (χ0) is 16.2. The molecule has 5 heteroatoms. The Morgan fingerprint density at radius 1 is 1.30 bits per heavy atom. The standard InChI is InChI=1S/C18H25N3O2/c1-14-5-4-6-16(11-14)21-13-15(12-17(21)22)18(23)19-7-10-20-8-2-3-9-20/h4-6,11,15H,2-3,7-10,12-13H2,1H3,(H,19,23). The molecular formula is C18H25N3O2. The van der Waals surface area contributed by atoms with Crippen LogP contribution in [0.5, 0.6) is 0 Å². The van der Waals surface area contributed by atoms with Crippen molar-refractivity contribution in [1.82, 2.24) is 10.2 Å². The summed E-state index contributed by atoms with van der Waals surface area (Å²) < 4.78 is 0. The lowest BCUT2D eigenvalue weighted by molar-refractivity contribution is -0.126. The van der Waals surface area contributed by atoms with Crippen molar-refractivity contribution in [3.8, 4) is 0 Å². The van der Waals surface area contributed by atoms with Gasteiger partial charge in [0, 0.05) is 31.7 Å². The van der Waals surface area contributed by atoms with Crippen molar-refractivity contribution in [3.63, 3.8) is 0 Å². The molecule has 2 aliphatic rings. The second kappa shape index (κ2) is 7.13. The Hall–Kier alpha value is -1.88. The molecule has 0 saturated carbocycles. The van der Waals surface area contributed by atoms with Crippen LogP contribution < -0.4 is 10.2 Å². The quantitative estimate of drug-likeness (QED) is 0.897. The van der Waals surface area contributed by atoms with Gasteiger partial charge in [0.25, 0.3) is 0 Å². The van der Waals surface area contributed by atoms with E-state index >= 15 is 0 Å². The molecule has 0 radical (unpaired) electrons. The molecule has 1 aromatic carbocycles. The van der Waals surface area contributed by atoms with Crippen molar-refractivity contribution in [2.45, 2.75) is 26.2 Å². The van der Waals surface area contributed by atoms with Gasteiger partial charge < -0.3 is 15.1 Å². The number of amides is 2. The largest absolute Gasteiger partial charge is 0.355 e. The summed E-state index contributed by atoms with van der Waals surface area (Å²) in [5.74, 6) is -0.190. The van der Waals surface area contributed by atoms with Crippen LogP contribution in [0.4, 0.5) is 5.69 Å². The first-order chi connectivity index (χ1) is 11.1. The Morgan fingerprint density at radius 2 is 2.09 bits per heavy atom. The average Bonchev–Trinajstić information content (AvgIpc) is 3.16. The maximum absolute atomic E-state index is 12.3. The summed E-state index contributed by atoms with van der Waals surface area (Å²) in [6.07, 6.45) is 2.83. The summed E-state index contributed by atoms with van der Waals surface area (Å²) >= 11 is 0. The summed E-state index contributed by atoms with van der Waals surface area (Å²) in [4.78, 5) is 28.6. The van der Waals surface area contributed by atoms with Crippen LogP contribution in [0.15, 0.2) is 24.3 Å². The first-order valence-electron chi connectivity index (χ1n) is 8.50. The average molecular weight is 315 g/mol. The van der Waals surface area contributed by atoms with Crippen molar-refractivity contribution < 1.29 is 9.59 Å². The van der Waals surface area contributed by atoms with Crippen LogP contribution >= 0.6 is 0 Å². The Kier molecular flexibility index (Phi) is 4.96. The fourth-order valence-corrected chi connectivity index (χ4v) is 3.42. The molecule has 0 spiro atoms. The van der Waals surface area contributed by atoms with Gasteiger partial charge in [0.05, 0.1) is 5.92 Å². The van der Waals surface area contributed by atoms with Crippen LogP contribution in [0.1, 0.15) is 24.8 Å². The molecule has 2 heterocycles. The van der Waals surface area contributed by atoms with E-state index in [0.717, 1.165) is 30.9 Å². The Morgan fingerprint density at radius 3 is 2.83 bits per heavy atom. The van der Waals surface area contributed by atoms with Gasteiger partial charge in [-0.15, -0.1) is 0 Å². The van der Waals surface area contributed by atoms with E-state index in [4.69, 9.17) is 0 Å². The lowest BCUT2D eigenvalue weighted by Crippen LogP contribution is -2.37. The van der Waals surface area contributed by atoms with Gasteiger partial charge in [0.15, 0.2) is 0 Å². The van der Waals surface area contributed by atoms with Crippen molar-refractivity contribution in [2.75, 3.05) is 37.6 Å². The molecule has 0 aromatic heterocycles. The predicted octanol–water partition coefficient (Wildman–Crippen LogP) is 1.56. The number of hydrogen-bond donors (Lipinski definition) is 1. The van der Waals surface area contributed by atoms with Crippen molar-refractivity contribution in [3.05, 3.63) is 29.8 Å². The minimum absolute atomic E-state index is 0.00713. The van der Waals surface area contributed by atoms with Crippen LogP contribution in [-0.4, -0.2) is 49.4 Å². The second-order valence-corrected chi connectivity index (χ2v) is 6.58. The number of aryl methyl sites for hydroxylation is 1. The zero-order valence-corrected chi connectivity index (χ0v) is 13.8. The first-order valence-corrected chi connectivity index (χ1v) is 8.50. The third kappa shape index (κ3) is 3.91. The fourth-order valence-electron chi connectivity index (χ4n) is 3.42. The van der Waals surface area contributed by atoms with Gasteiger partial charge in [-0.1, -0.05) is 12.1 Å². The monoisotopic (exact) mass is 315 g/mol. The molecule has 1 aromatic rings. The number of anilines is 1. The minimum atomic E-state index is -0.235.